The Morgan fingerprint density at radius 3 is 1.96 bits per heavy atom. The van der Waals surface area contributed by atoms with Gasteiger partial charge >= 0.3 is 0 Å². The van der Waals surface area contributed by atoms with E-state index >= 15 is 0 Å². The van der Waals surface area contributed by atoms with E-state index in [0.717, 1.165) is 0 Å². The molecule has 1 aliphatic rings. The average Bonchev–Trinajstić information content (AvgIpc) is 3.13. The molecule has 2 aromatic rings. The molecule has 0 spiro atoms. The van der Waals surface area contributed by atoms with E-state index in [1.54, 1.807) is 0 Å². The standard InChI is InChI=1S/C20H27NO2P2/c1-17(18-11-7-5-8-12-18)21(25-22-15-16-23-25)24(20(2,3)4)19-13-9-6-10-14-19/h5-14,17H,15-16H2,1-4H3/t17-,24-/m1/s1. The summed E-state index contributed by atoms with van der Waals surface area (Å²) in [6, 6.07) is 21.7. The first-order valence-electron chi connectivity index (χ1n) is 8.74. The number of hydrogen-bond donors (Lipinski definition) is 0. The second-order valence-corrected chi connectivity index (χ2v) is 11.8. The second-order valence-electron chi connectivity index (χ2n) is 7.13. The van der Waals surface area contributed by atoms with Crippen LogP contribution in [0.25, 0.3) is 0 Å². The molecular formula is C20H27NO2P2. The van der Waals surface area contributed by atoms with Gasteiger partial charge in [-0.1, -0.05) is 81.4 Å². The smallest absolute Gasteiger partial charge is 0.263 e. The van der Waals surface area contributed by atoms with Crippen molar-refractivity contribution in [2.75, 3.05) is 13.2 Å². The highest BCUT2D eigenvalue weighted by Crippen LogP contribution is 2.67. The van der Waals surface area contributed by atoms with Crippen LogP contribution in [0.5, 0.6) is 0 Å². The number of benzene rings is 2. The lowest BCUT2D eigenvalue weighted by atomic mass is 10.1. The molecule has 0 saturated carbocycles. The van der Waals surface area contributed by atoms with Gasteiger partial charge in [-0.25, -0.2) is 4.44 Å². The van der Waals surface area contributed by atoms with E-state index in [2.05, 4.69) is 92.8 Å². The summed E-state index contributed by atoms with van der Waals surface area (Å²) < 4.78 is 14.6. The van der Waals surface area contributed by atoms with Crippen molar-refractivity contribution in [1.82, 2.24) is 4.44 Å². The molecule has 0 unspecified atom stereocenters. The zero-order chi connectivity index (χ0) is 17.9. The molecule has 1 aliphatic heterocycles. The third kappa shape index (κ3) is 4.48. The molecule has 2 atom stereocenters. The number of nitrogens with zero attached hydrogens (tertiary/aromatic N) is 1. The topological polar surface area (TPSA) is 21.7 Å². The summed E-state index contributed by atoms with van der Waals surface area (Å²) in [6.45, 7) is 10.6. The maximum atomic E-state index is 6.04. The molecule has 2 aromatic carbocycles. The highest BCUT2D eigenvalue weighted by molar-refractivity contribution is 7.72. The Morgan fingerprint density at radius 2 is 1.44 bits per heavy atom. The lowest BCUT2D eigenvalue weighted by molar-refractivity contribution is 0.365. The van der Waals surface area contributed by atoms with Gasteiger partial charge in [-0.2, -0.15) is 0 Å². The van der Waals surface area contributed by atoms with Gasteiger partial charge in [0.15, 0.2) is 0 Å². The molecule has 1 heterocycles. The minimum atomic E-state index is -1.04. The lowest BCUT2D eigenvalue weighted by Crippen LogP contribution is -2.31. The maximum Gasteiger partial charge on any atom is 0.263 e. The Hall–Kier alpha value is -0.820. The summed E-state index contributed by atoms with van der Waals surface area (Å²) in [7, 11) is -1.66. The third-order valence-electron chi connectivity index (χ3n) is 4.12. The lowest BCUT2D eigenvalue weighted by Gasteiger charge is -2.44. The van der Waals surface area contributed by atoms with Crippen LogP contribution in [0.1, 0.15) is 39.3 Å². The van der Waals surface area contributed by atoms with Crippen molar-refractivity contribution < 1.29 is 9.05 Å². The van der Waals surface area contributed by atoms with Crippen LogP contribution in [0.2, 0.25) is 0 Å². The molecule has 134 valence electrons. The highest BCUT2D eigenvalue weighted by Gasteiger charge is 2.42. The third-order valence-corrected chi connectivity index (χ3v) is 9.40. The van der Waals surface area contributed by atoms with E-state index in [1.807, 2.05) is 0 Å². The van der Waals surface area contributed by atoms with E-state index in [0.29, 0.717) is 13.2 Å². The molecule has 0 radical (unpaired) electrons. The number of hydrogen-bond acceptors (Lipinski definition) is 3. The van der Waals surface area contributed by atoms with Gasteiger partial charge in [0.2, 0.25) is 0 Å². The van der Waals surface area contributed by atoms with E-state index in [1.165, 1.54) is 10.9 Å². The Morgan fingerprint density at radius 1 is 0.920 bits per heavy atom. The van der Waals surface area contributed by atoms with E-state index in [-0.39, 0.29) is 11.2 Å². The monoisotopic (exact) mass is 375 g/mol. The van der Waals surface area contributed by atoms with Crippen LogP contribution in [-0.4, -0.2) is 22.8 Å². The fourth-order valence-corrected chi connectivity index (χ4v) is 8.78. The first kappa shape index (κ1) is 19.0. The quantitative estimate of drug-likeness (QED) is 0.613. The van der Waals surface area contributed by atoms with Crippen LogP contribution >= 0.6 is 16.6 Å². The van der Waals surface area contributed by atoms with Gasteiger partial charge in [-0.05, 0) is 22.9 Å². The van der Waals surface area contributed by atoms with Crippen molar-refractivity contribution in [3.8, 4) is 0 Å². The molecule has 0 aromatic heterocycles. The largest absolute Gasteiger partial charge is 0.319 e. The minimum Gasteiger partial charge on any atom is -0.319 e. The van der Waals surface area contributed by atoms with Crippen molar-refractivity contribution in [2.45, 2.75) is 38.9 Å². The molecule has 25 heavy (non-hydrogen) atoms. The first-order valence-corrected chi connectivity index (χ1v) is 11.2. The minimum absolute atomic E-state index is 0.109. The number of rotatable bonds is 5. The van der Waals surface area contributed by atoms with Gasteiger partial charge in [0.05, 0.1) is 13.2 Å². The van der Waals surface area contributed by atoms with Gasteiger partial charge in [-0.3, -0.25) is 0 Å². The molecular weight excluding hydrogens is 348 g/mol. The van der Waals surface area contributed by atoms with E-state index < -0.39 is 16.6 Å². The summed E-state index contributed by atoms with van der Waals surface area (Å²) >= 11 is 0. The van der Waals surface area contributed by atoms with Crippen molar-refractivity contribution in [1.29, 1.82) is 0 Å². The Balaban J connectivity index is 2.04. The van der Waals surface area contributed by atoms with Crippen molar-refractivity contribution in [3.05, 3.63) is 66.2 Å². The molecule has 3 rings (SSSR count). The van der Waals surface area contributed by atoms with Crippen molar-refractivity contribution >= 4 is 21.9 Å². The fraction of sp³-hybridized carbons (Fsp3) is 0.400. The summed E-state index contributed by atoms with van der Waals surface area (Å²) in [5.41, 5.74) is 1.30. The van der Waals surface area contributed by atoms with Crippen LogP contribution in [0.4, 0.5) is 0 Å². The molecule has 1 fully saturated rings. The molecule has 0 bridgehead atoms. The summed E-state index contributed by atoms with van der Waals surface area (Å²) in [6.07, 6.45) is 0. The van der Waals surface area contributed by atoms with Crippen LogP contribution in [0.15, 0.2) is 60.7 Å². The summed E-state index contributed by atoms with van der Waals surface area (Å²) in [4.78, 5) is 0. The van der Waals surface area contributed by atoms with Gasteiger partial charge in [0.25, 0.3) is 8.53 Å². The molecule has 3 nitrogen and oxygen atoms in total. The predicted octanol–water partition coefficient (Wildman–Crippen LogP) is 5.84. The highest BCUT2D eigenvalue weighted by atomic mass is 31.2. The Labute approximate surface area is 154 Å². The Kier molecular flexibility index (Phi) is 6.25. The zero-order valence-corrected chi connectivity index (χ0v) is 17.2. The summed E-state index contributed by atoms with van der Waals surface area (Å²) in [5, 5.41) is 1.48. The average molecular weight is 375 g/mol. The SMILES string of the molecule is C[C@H](c1ccccc1)N(P1OCCO1)[P@](c1ccccc1)C(C)(C)C. The van der Waals surface area contributed by atoms with Gasteiger partial charge in [0.1, 0.15) is 0 Å². The van der Waals surface area contributed by atoms with Crippen LogP contribution in [-0.2, 0) is 9.05 Å². The summed E-state index contributed by atoms with van der Waals surface area (Å²) in [5.74, 6) is 0. The molecule has 0 amide bonds. The predicted molar refractivity (Wildman–Crippen MR) is 108 cm³/mol. The Bertz CT molecular complexity index is 654. The molecule has 5 heteroatoms. The van der Waals surface area contributed by atoms with E-state index in [9.17, 15) is 0 Å². The fourth-order valence-electron chi connectivity index (χ4n) is 3.02. The van der Waals surface area contributed by atoms with Crippen molar-refractivity contribution in [2.24, 2.45) is 0 Å². The zero-order valence-electron chi connectivity index (χ0n) is 15.4. The van der Waals surface area contributed by atoms with Crippen LogP contribution in [0, 0.1) is 0 Å². The molecule has 0 aliphatic carbocycles. The molecule has 1 saturated heterocycles. The molecule has 0 N–H and O–H groups in total. The van der Waals surface area contributed by atoms with Crippen molar-refractivity contribution in [3.63, 3.8) is 0 Å². The maximum absolute atomic E-state index is 6.04. The van der Waals surface area contributed by atoms with Gasteiger partial charge in [-0.15, -0.1) is 0 Å². The van der Waals surface area contributed by atoms with Crippen LogP contribution in [0.3, 0.4) is 0 Å². The van der Waals surface area contributed by atoms with Gasteiger partial charge < -0.3 is 9.05 Å². The van der Waals surface area contributed by atoms with E-state index in [4.69, 9.17) is 9.05 Å². The second kappa shape index (κ2) is 8.25. The van der Waals surface area contributed by atoms with Gasteiger partial charge in [0, 0.05) is 14.1 Å². The van der Waals surface area contributed by atoms with Crippen LogP contribution < -0.4 is 5.30 Å². The normalized spacial score (nSPS) is 18.4. The first-order chi connectivity index (χ1) is 12.0.